The quantitative estimate of drug-likeness (QED) is 0.805. The number of aromatic nitrogens is 1. The van der Waals surface area contributed by atoms with Gasteiger partial charge in [-0.3, -0.25) is 4.79 Å². The smallest absolute Gasteiger partial charge is 0.434 e. The van der Waals surface area contributed by atoms with E-state index in [1.165, 1.54) is 0 Å². The maximum atomic E-state index is 12.5. The number of thiazole rings is 1. The Balaban J connectivity index is 2.10. The molecule has 1 aliphatic rings. The van der Waals surface area contributed by atoms with E-state index in [0.717, 1.165) is 16.7 Å². The van der Waals surface area contributed by atoms with Crippen LogP contribution in [0.2, 0.25) is 0 Å². The highest BCUT2D eigenvalue weighted by Crippen LogP contribution is 2.38. The molecule has 20 heavy (non-hydrogen) atoms. The molecule has 1 unspecified atom stereocenters. The third kappa shape index (κ3) is 2.89. The third-order valence-electron chi connectivity index (χ3n) is 3.29. The molecule has 1 fully saturated rings. The van der Waals surface area contributed by atoms with E-state index >= 15 is 0 Å². The molecule has 2 rings (SSSR count). The van der Waals surface area contributed by atoms with Crippen molar-refractivity contribution in [3.05, 3.63) is 11.1 Å². The summed E-state index contributed by atoms with van der Waals surface area (Å²) in [4.78, 5) is 17.2. The highest BCUT2D eigenvalue weighted by molar-refractivity contribution is 7.13. The average molecular weight is 308 g/mol. The molecule has 1 atom stereocenters. The van der Waals surface area contributed by atoms with Crippen molar-refractivity contribution in [2.75, 3.05) is 24.6 Å². The van der Waals surface area contributed by atoms with Crippen LogP contribution >= 0.6 is 11.3 Å². The van der Waals surface area contributed by atoms with E-state index in [1.54, 1.807) is 18.7 Å². The zero-order valence-corrected chi connectivity index (χ0v) is 12.0. The molecule has 0 radical (unpaired) electrons. The largest absolute Gasteiger partial charge is 0.466 e. The van der Waals surface area contributed by atoms with E-state index in [4.69, 9.17) is 4.74 Å². The lowest BCUT2D eigenvalue weighted by atomic mass is 9.90. The molecular formula is C12H15F3N2O2S. The second kappa shape index (κ2) is 5.23. The first-order chi connectivity index (χ1) is 9.26. The van der Waals surface area contributed by atoms with Crippen molar-refractivity contribution in [3.8, 4) is 0 Å². The first-order valence-electron chi connectivity index (χ1n) is 6.21. The molecule has 1 aliphatic heterocycles. The number of hydrogen-bond acceptors (Lipinski definition) is 5. The van der Waals surface area contributed by atoms with E-state index in [9.17, 15) is 18.0 Å². The van der Waals surface area contributed by atoms with Crippen LogP contribution in [0.15, 0.2) is 5.38 Å². The molecule has 1 aromatic rings. The summed E-state index contributed by atoms with van der Waals surface area (Å²) < 4.78 is 42.6. The number of carbonyl (C=O) groups excluding carboxylic acids is 1. The number of halogens is 3. The molecule has 0 N–H and O–H groups in total. The van der Waals surface area contributed by atoms with Gasteiger partial charge in [0.05, 0.1) is 12.0 Å². The number of hydrogen-bond donors (Lipinski definition) is 0. The molecule has 0 spiro atoms. The van der Waals surface area contributed by atoms with Crippen LogP contribution in [0.3, 0.4) is 0 Å². The van der Waals surface area contributed by atoms with E-state index in [2.05, 4.69) is 4.98 Å². The summed E-state index contributed by atoms with van der Waals surface area (Å²) in [6.45, 7) is 4.62. The van der Waals surface area contributed by atoms with E-state index in [-0.39, 0.29) is 5.97 Å². The molecule has 0 saturated carbocycles. The Morgan fingerprint density at radius 2 is 2.30 bits per heavy atom. The molecule has 0 amide bonds. The van der Waals surface area contributed by atoms with Crippen LogP contribution < -0.4 is 4.90 Å². The Morgan fingerprint density at radius 3 is 2.85 bits per heavy atom. The van der Waals surface area contributed by atoms with Crippen molar-refractivity contribution in [1.82, 2.24) is 4.98 Å². The van der Waals surface area contributed by atoms with Crippen molar-refractivity contribution >= 4 is 22.4 Å². The Hall–Kier alpha value is -1.31. The first-order valence-corrected chi connectivity index (χ1v) is 7.09. The minimum absolute atomic E-state index is 0.296. The number of alkyl halides is 3. The Morgan fingerprint density at radius 1 is 1.60 bits per heavy atom. The molecule has 0 aromatic carbocycles. The predicted octanol–water partition coefficient (Wildman–Crippen LogP) is 2.94. The fourth-order valence-electron chi connectivity index (χ4n) is 2.14. The number of ether oxygens (including phenoxy) is 1. The van der Waals surface area contributed by atoms with Crippen molar-refractivity contribution < 1.29 is 22.7 Å². The maximum absolute atomic E-state index is 12.5. The predicted molar refractivity (Wildman–Crippen MR) is 68.7 cm³/mol. The lowest BCUT2D eigenvalue weighted by Crippen LogP contribution is -2.33. The second-order valence-corrected chi connectivity index (χ2v) is 5.80. The number of rotatable bonds is 3. The minimum Gasteiger partial charge on any atom is -0.466 e. The molecule has 4 nitrogen and oxygen atoms in total. The summed E-state index contributed by atoms with van der Waals surface area (Å²) in [5.74, 6) is -0.310. The fraction of sp³-hybridized carbons (Fsp3) is 0.667. The van der Waals surface area contributed by atoms with Crippen LogP contribution in [0.4, 0.5) is 18.3 Å². The molecule has 112 valence electrons. The number of carbonyl (C=O) groups is 1. The average Bonchev–Trinajstić information content (AvgIpc) is 2.95. The normalized spacial score (nSPS) is 23.1. The summed E-state index contributed by atoms with van der Waals surface area (Å²) in [6.07, 6.45) is -3.88. The first kappa shape index (κ1) is 15.1. The van der Waals surface area contributed by atoms with Gasteiger partial charge in [-0.15, -0.1) is 11.3 Å². The van der Waals surface area contributed by atoms with Crippen molar-refractivity contribution in [2.24, 2.45) is 5.41 Å². The molecular weight excluding hydrogens is 293 g/mol. The Labute approximate surface area is 118 Å². The summed E-state index contributed by atoms with van der Waals surface area (Å²) in [5, 5.41) is 1.29. The van der Waals surface area contributed by atoms with Crippen LogP contribution in [0.1, 0.15) is 26.0 Å². The maximum Gasteiger partial charge on any atom is 0.434 e. The molecule has 1 aromatic heterocycles. The zero-order chi connectivity index (χ0) is 15.0. The highest BCUT2D eigenvalue weighted by Gasteiger charge is 2.43. The van der Waals surface area contributed by atoms with Gasteiger partial charge in [0, 0.05) is 18.5 Å². The van der Waals surface area contributed by atoms with E-state index in [0.29, 0.717) is 31.2 Å². The van der Waals surface area contributed by atoms with Crippen molar-refractivity contribution in [3.63, 3.8) is 0 Å². The minimum atomic E-state index is -4.43. The fourth-order valence-corrected chi connectivity index (χ4v) is 3.00. The number of nitrogens with zero attached hydrogens (tertiary/aromatic N) is 2. The summed E-state index contributed by atoms with van der Waals surface area (Å²) in [7, 11) is 0. The third-order valence-corrected chi connectivity index (χ3v) is 4.20. The van der Waals surface area contributed by atoms with Crippen LogP contribution in [0.5, 0.6) is 0 Å². The van der Waals surface area contributed by atoms with Gasteiger partial charge in [0.1, 0.15) is 0 Å². The Bertz CT molecular complexity index is 503. The van der Waals surface area contributed by atoms with Gasteiger partial charge in [0.25, 0.3) is 0 Å². The standard InChI is InChI=1S/C12H15F3N2O2S/c1-3-19-9(18)11(2)4-5-17(7-11)10-16-8(6-20-10)12(13,14)15/h6H,3-5,7H2,1-2H3. The van der Waals surface area contributed by atoms with Gasteiger partial charge >= 0.3 is 12.1 Å². The van der Waals surface area contributed by atoms with Gasteiger partial charge in [-0.05, 0) is 20.3 Å². The summed E-state index contributed by atoms with van der Waals surface area (Å²) >= 11 is 0.942. The molecule has 2 heterocycles. The number of anilines is 1. The van der Waals surface area contributed by atoms with Gasteiger partial charge in [0.15, 0.2) is 10.8 Å². The van der Waals surface area contributed by atoms with Gasteiger partial charge in [-0.2, -0.15) is 13.2 Å². The van der Waals surface area contributed by atoms with E-state index in [1.807, 2.05) is 0 Å². The lowest BCUT2D eigenvalue weighted by Gasteiger charge is -2.22. The van der Waals surface area contributed by atoms with Crippen molar-refractivity contribution in [1.29, 1.82) is 0 Å². The van der Waals surface area contributed by atoms with E-state index < -0.39 is 17.3 Å². The van der Waals surface area contributed by atoms with Crippen LogP contribution in [0, 0.1) is 5.41 Å². The monoisotopic (exact) mass is 308 g/mol. The molecule has 0 aliphatic carbocycles. The van der Waals surface area contributed by atoms with Crippen LogP contribution in [-0.4, -0.2) is 30.6 Å². The molecule has 0 bridgehead atoms. The lowest BCUT2D eigenvalue weighted by molar-refractivity contribution is -0.153. The van der Waals surface area contributed by atoms with Gasteiger partial charge in [-0.1, -0.05) is 0 Å². The zero-order valence-electron chi connectivity index (χ0n) is 11.2. The summed E-state index contributed by atoms with van der Waals surface area (Å²) in [5.41, 5.74) is -1.57. The van der Waals surface area contributed by atoms with Crippen molar-refractivity contribution in [2.45, 2.75) is 26.4 Å². The highest BCUT2D eigenvalue weighted by atomic mass is 32.1. The Kier molecular flexibility index (Phi) is 3.95. The topological polar surface area (TPSA) is 42.4 Å². The molecule has 1 saturated heterocycles. The molecule has 8 heteroatoms. The SMILES string of the molecule is CCOC(=O)C1(C)CCN(c2nc(C(F)(F)F)cs2)C1. The summed E-state index contributed by atoms with van der Waals surface area (Å²) in [6, 6.07) is 0. The van der Waals surface area contributed by atoms with Gasteiger partial charge in [0.2, 0.25) is 0 Å². The van der Waals surface area contributed by atoms with Crippen LogP contribution in [0.25, 0.3) is 0 Å². The second-order valence-electron chi connectivity index (χ2n) is 4.97. The van der Waals surface area contributed by atoms with Crippen LogP contribution in [-0.2, 0) is 15.7 Å². The van der Waals surface area contributed by atoms with Gasteiger partial charge < -0.3 is 9.64 Å². The number of esters is 1. The van der Waals surface area contributed by atoms with Gasteiger partial charge in [-0.25, -0.2) is 4.98 Å².